The van der Waals surface area contributed by atoms with Crippen molar-refractivity contribution in [2.24, 2.45) is 0 Å². The highest BCUT2D eigenvalue weighted by atomic mass is 16.5. The van der Waals surface area contributed by atoms with Crippen molar-refractivity contribution in [1.82, 2.24) is 0 Å². The molecule has 2 rings (SSSR count). The molecule has 27 heavy (non-hydrogen) atoms. The van der Waals surface area contributed by atoms with Crippen molar-refractivity contribution in [2.75, 3.05) is 31.0 Å². The molecule has 7 nitrogen and oxygen atoms in total. The fourth-order valence-corrected chi connectivity index (χ4v) is 2.58. The van der Waals surface area contributed by atoms with Crippen LogP contribution in [0.4, 0.5) is 11.4 Å². The maximum atomic E-state index is 12.3. The van der Waals surface area contributed by atoms with Gasteiger partial charge in [0, 0.05) is 31.6 Å². The van der Waals surface area contributed by atoms with Crippen molar-refractivity contribution >= 4 is 29.2 Å². The number of anilines is 2. The molecular formula is C20H22N2O5. The fourth-order valence-electron chi connectivity index (χ4n) is 2.58. The molecule has 0 aromatic heterocycles. The topological polar surface area (TPSA) is 84.9 Å². The predicted octanol–water partition coefficient (Wildman–Crippen LogP) is 2.86. The Kier molecular flexibility index (Phi) is 6.93. The number of esters is 1. The summed E-state index contributed by atoms with van der Waals surface area (Å²) in [5.41, 5.74) is 1.28. The van der Waals surface area contributed by atoms with Gasteiger partial charge in [-0.25, -0.2) is 4.79 Å². The monoisotopic (exact) mass is 370 g/mol. The second kappa shape index (κ2) is 9.38. The van der Waals surface area contributed by atoms with Crippen molar-refractivity contribution in [3.63, 3.8) is 0 Å². The van der Waals surface area contributed by atoms with Gasteiger partial charge < -0.3 is 19.7 Å². The molecule has 1 N–H and O–H groups in total. The number of hydrogen-bond acceptors (Lipinski definition) is 5. The number of benzene rings is 2. The number of hydrogen-bond donors (Lipinski definition) is 1. The first kappa shape index (κ1) is 20.0. The summed E-state index contributed by atoms with van der Waals surface area (Å²) in [7, 11) is 2.82. The third kappa shape index (κ3) is 5.31. The Bertz CT molecular complexity index is 835. The summed E-state index contributed by atoms with van der Waals surface area (Å²) < 4.78 is 9.89. The third-order valence-electron chi connectivity index (χ3n) is 3.90. The first-order chi connectivity index (χ1) is 13.0. The second-order valence-corrected chi connectivity index (χ2v) is 5.71. The molecule has 7 heteroatoms. The molecule has 0 heterocycles. The van der Waals surface area contributed by atoms with Crippen molar-refractivity contribution in [1.29, 1.82) is 0 Å². The summed E-state index contributed by atoms with van der Waals surface area (Å²) in [5.74, 6) is -0.451. The van der Waals surface area contributed by atoms with Crippen LogP contribution in [0.2, 0.25) is 0 Å². The Balaban J connectivity index is 2.10. The number of methoxy groups -OCH3 is 2. The summed E-state index contributed by atoms with van der Waals surface area (Å²) in [5, 5.41) is 2.76. The smallest absolute Gasteiger partial charge is 0.339 e. The maximum absolute atomic E-state index is 12.3. The van der Waals surface area contributed by atoms with Crippen LogP contribution in [0.1, 0.15) is 23.7 Å². The van der Waals surface area contributed by atoms with Crippen molar-refractivity contribution in [2.45, 2.75) is 13.3 Å². The minimum atomic E-state index is -0.544. The van der Waals surface area contributed by atoms with Crippen LogP contribution in [-0.2, 0) is 14.3 Å². The fraction of sp³-hybridized carbons (Fsp3) is 0.250. The second-order valence-electron chi connectivity index (χ2n) is 5.71. The predicted molar refractivity (Wildman–Crippen MR) is 102 cm³/mol. The number of carbonyl (C=O) groups excluding carboxylic acids is 3. The van der Waals surface area contributed by atoms with E-state index in [-0.39, 0.29) is 30.3 Å². The lowest BCUT2D eigenvalue weighted by Crippen LogP contribution is -2.33. The van der Waals surface area contributed by atoms with E-state index in [1.807, 2.05) is 0 Å². The third-order valence-corrected chi connectivity index (χ3v) is 3.90. The molecule has 0 aliphatic rings. The number of para-hydroxylation sites is 1. The van der Waals surface area contributed by atoms with Gasteiger partial charge in [0.15, 0.2) is 0 Å². The van der Waals surface area contributed by atoms with Gasteiger partial charge in [0.25, 0.3) is 0 Å². The molecule has 0 radical (unpaired) electrons. The Morgan fingerprint density at radius 3 is 2.44 bits per heavy atom. The van der Waals surface area contributed by atoms with E-state index in [9.17, 15) is 14.4 Å². The van der Waals surface area contributed by atoms with E-state index in [0.717, 1.165) is 0 Å². The largest absolute Gasteiger partial charge is 0.497 e. The quantitative estimate of drug-likeness (QED) is 0.758. The molecule has 0 spiro atoms. The molecule has 2 aromatic carbocycles. The van der Waals surface area contributed by atoms with Gasteiger partial charge in [-0.05, 0) is 24.3 Å². The molecular weight excluding hydrogens is 348 g/mol. The lowest BCUT2D eigenvalue weighted by molar-refractivity contribution is -0.117. The Hall–Kier alpha value is -3.35. The zero-order valence-electron chi connectivity index (χ0n) is 15.5. The van der Waals surface area contributed by atoms with E-state index >= 15 is 0 Å². The van der Waals surface area contributed by atoms with E-state index in [1.165, 1.54) is 18.9 Å². The van der Waals surface area contributed by atoms with Crippen molar-refractivity contribution in [3.05, 3.63) is 54.1 Å². The minimum Gasteiger partial charge on any atom is -0.497 e. The van der Waals surface area contributed by atoms with E-state index in [0.29, 0.717) is 17.1 Å². The zero-order valence-corrected chi connectivity index (χ0v) is 15.5. The first-order valence-corrected chi connectivity index (χ1v) is 8.35. The molecule has 2 aromatic rings. The molecule has 0 fully saturated rings. The normalized spacial score (nSPS) is 10.0. The maximum Gasteiger partial charge on any atom is 0.339 e. The molecule has 0 unspecified atom stereocenters. The lowest BCUT2D eigenvalue weighted by Gasteiger charge is -2.23. The number of nitrogens with one attached hydrogen (secondary N) is 1. The zero-order chi connectivity index (χ0) is 19.8. The van der Waals surface area contributed by atoms with Gasteiger partial charge in [0.05, 0.1) is 25.5 Å². The number of ether oxygens (including phenoxy) is 2. The van der Waals surface area contributed by atoms with Gasteiger partial charge in [-0.3, -0.25) is 9.59 Å². The van der Waals surface area contributed by atoms with Crippen LogP contribution >= 0.6 is 0 Å². The van der Waals surface area contributed by atoms with Crippen molar-refractivity contribution in [3.8, 4) is 5.75 Å². The number of carbonyl (C=O) groups is 3. The standard InChI is InChI=1S/C20H22N2O5/c1-14(23)22(18-10-5-4-9-17(18)20(25)27-3)12-11-19(24)21-15-7-6-8-16(13-15)26-2/h4-10,13H,11-12H2,1-3H3,(H,21,24). The summed E-state index contributed by atoms with van der Waals surface area (Å²) in [4.78, 5) is 37.7. The van der Waals surface area contributed by atoms with E-state index in [2.05, 4.69) is 5.32 Å². The molecule has 0 aliphatic heterocycles. The first-order valence-electron chi connectivity index (χ1n) is 8.35. The molecule has 0 atom stereocenters. The average Bonchev–Trinajstić information content (AvgIpc) is 2.67. The molecule has 0 bridgehead atoms. The molecule has 0 saturated carbocycles. The number of amides is 2. The van der Waals surface area contributed by atoms with Gasteiger partial charge in [0.2, 0.25) is 11.8 Å². The summed E-state index contributed by atoms with van der Waals surface area (Å²) in [6.07, 6.45) is 0.0618. The number of rotatable bonds is 7. The SMILES string of the molecule is COC(=O)c1ccccc1N(CCC(=O)Nc1cccc(OC)c1)C(C)=O. The van der Waals surface area contributed by atoms with E-state index < -0.39 is 5.97 Å². The Morgan fingerprint density at radius 2 is 1.78 bits per heavy atom. The van der Waals surface area contributed by atoms with Crippen LogP contribution in [0.15, 0.2) is 48.5 Å². The van der Waals surface area contributed by atoms with Crippen LogP contribution in [0.5, 0.6) is 5.75 Å². The summed E-state index contributed by atoms with van der Waals surface area (Å²) in [6.45, 7) is 1.51. The van der Waals surface area contributed by atoms with Gasteiger partial charge >= 0.3 is 5.97 Å². The van der Waals surface area contributed by atoms with Crippen LogP contribution in [0.25, 0.3) is 0 Å². The van der Waals surface area contributed by atoms with E-state index in [4.69, 9.17) is 9.47 Å². The highest BCUT2D eigenvalue weighted by Crippen LogP contribution is 2.22. The molecule has 0 saturated heterocycles. The van der Waals surface area contributed by atoms with Crippen LogP contribution < -0.4 is 15.0 Å². The minimum absolute atomic E-state index is 0.0618. The van der Waals surface area contributed by atoms with Crippen LogP contribution in [0.3, 0.4) is 0 Å². The Morgan fingerprint density at radius 1 is 1.04 bits per heavy atom. The average molecular weight is 370 g/mol. The van der Waals surface area contributed by atoms with Gasteiger partial charge in [0.1, 0.15) is 5.75 Å². The summed E-state index contributed by atoms with van der Waals surface area (Å²) in [6, 6.07) is 13.6. The molecule has 0 aliphatic carbocycles. The molecule has 142 valence electrons. The van der Waals surface area contributed by atoms with Crippen LogP contribution in [-0.4, -0.2) is 38.5 Å². The van der Waals surface area contributed by atoms with E-state index in [1.54, 1.807) is 55.6 Å². The summed E-state index contributed by atoms with van der Waals surface area (Å²) >= 11 is 0. The highest BCUT2D eigenvalue weighted by Gasteiger charge is 2.20. The van der Waals surface area contributed by atoms with Gasteiger partial charge in [-0.15, -0.1) is 0 Å². The molecule has 2 amide bonds. The van der Waals surface area contributed by atoms with Gasteiger partial charge in [-0.1, -0.05) is 18.2 Å². The number of nitrogens with zero attached hydrogens (tertiary/aromatic N) is 1. The lowest BCUT2D eigenvalue weighted by atomic mass is 10.1. The van der Waals surface area contributed by atoms with Crippen molar-refractivity contribution < 1.29 is 23.9 Å². The van der Waals surface area contributed by atoms with Gasteiger partial charge in [-0.2, -0.15) is 0 Å². The van der Waals surface area contributed by atoms with Crippen LogP contribution in [0, 0.1) is 0 Å². The Labute approximate surface area is 157 Å². The highest BCUT2D eigenvalue weighted by molar-refractivity contribution is 6.02.